The minimum absolute atomic E-state index is 0.0719. The van der Waals surface area contributed by atoms with Crippen LogP contribution in [0.3, 0.4) is 0 Å². The van der Waals surface area contributed by atoms with Gasteiger partial charge in [-0.2, -0.15) is 0 Å². The second-order valence-electron chi connectivity index (χ2n) is 5.56. The molecule has 2 heterocycles. The Morgan fingerprint density at radius 3 is 2.81 bits per heavy atom. The third-order valence-electron chi connectivity index (χ3n) is 3.77. The quantitative estimate of drug-likeness (QED) is 0.808. The number of rotatable bonds is 6. The number of nitrogens with one attached hydrogen (secondary N) is 2. The highest BCUT2D eigenvalue weighted by Gasteiger charge is 2.24. The Bertz CT molecular complexity index is 467. The van der Waals surface area contributed by atoms with Crippen molar-refractivity contribution in [2.24, 2.45) is 0 Å². The van der Waals surface area contributed by atoms with Gasteiger partial charge in [-0.05, 0) is 25.0 Å². The highest BCUT2D eigenvalue weighted by atomic mass is 16.5. The molecule has 1 aliphatic carbocycles. The SMILES string of the molecule is O=C(NC1CC1)c1ccc(NCCN2CCOCC2)cn1. The van der Waals surface area contributed by atoms with Crippen LogP contribution in [0.15, 0.2) is 18.3 Å². The van der Waals surface area contributed by atoms with Gasteiger partial charge >= 0.3 is 0 Å². The molecule has 114 valence electrons. The molecular formula is C15H22N4O2. The van der Waals surface area contributed by atoms with Crippen LogP contribution >= 0.6 is 0 Å². The van der Waals surface area contributed by atoms with Crippen LogP contribution < -0.4 is 10.6 Å². The van der Waals surface area contributed by atoms with Crippen molar-refractivity contribution in [3.8, 4) is 0 Å². The van der Waals surface area contributed by atoms with Crippen LogP contribution in [-0.4, -0.2) is 61.2 Å². The average Bonchev–Trinajstić information content (AvgIpc) is 3.33. The molecule has 2 aliphatic rings. The van der Waals surface area contributed by atoms with Crippen molar-refractivity contribution in [1.82, 2.24) is 15.2 Å². The molecule has 1 aliphatic heterocycles. The molecule has 1 aromatic rings. The number of amides is 1. The molecule has 6 heteroatoms. The number of pyridine rings is 1. The first kappa shape index (κ1) is 14.3. The zero-order valence-corrected chi connectivity index (χ0v) is 12.2. The van der Waals surface area contributed by atoms with Gasteiger partial charge in [0.05, 0.1) is 25.1 Å². The number of aromatic nitrogens is 1. The Balaban J connectivity index is 1.42. The van der Waals surface area contributed by atoms with E-state index in [1.165, 1.54) is 0 Å². The van der Waals surface area contributed by atoms with Gasteiger partial charge in [-0.25, -0.2) is 4.98 Å². The Morgan fingerprint density at radius 2 is 2.14 bits per heavy atom. The van der Waals surface area contributed by atoms with Crippen LogP contribution in [0.2, 0.25) is 0 Å². The minimum atomic E-state index is -0.0719. The van der Waals surface area contributed by atoms with Crippen LogP contribution in [0.1, 0.15) is 23.3 Å². The molecule has 1 saturated carbocycles. The van der Waals surface area contributed by atoms with Crippen molar-refractivity contribution in [3.05, 3.63) is 24.0 Å². The van der Waals surface area contributed by atoms with E-state index >= 15 is 0 Å². The molecule has 0 unspecified atom stereocenters. The second-order valence-corrected chi connectivity index (χ2v) is 5.56. The molecule has 1 amide bonds. The predicted octanol–water partition coefficient (Wildman–Crippen LogP) is 0.718. The van der Waals surface area contributed by atoms with Gasteiger partial charge < -0.3 is 15.4 Å². The first-order chi connectivity index (χ1) is 10.3. The second kappa shape index (κ2) is 6.87. The van der Waals surface area contributed by atoms with Crippen molar-refractivity contribution in [2.45, 2.75) is 18.9 Å². The number of ether oxygens (including phenoxy) is 1. The fourth-order valence-electron chi connectivity index (χ4n) is 2.30. The molecule has 2 N–H and O–H groups in total. The molecule has 21 heavy (non-hydrogen) atoms. The van der Waals surface area contributed by atoms with Crippen molar-refractivity contribution in [2.75, 3.05) is 44.7 Å². The highest BCUT2D eigenvalue weighted by molar-refractivity contribution is 5.92. The highest BCUT2D eigenvalue weighted by Crippen LogP contribution is 2.19. The summed E-state index contributed by atoms with van der Waals surface area (Å²) in [4.78, 5) is 18.4. The molecule has 1 aromatic heterocycles. The summed E-state index contributed by atoms with van der Waals surface area (Å²) in [6, 6.07) is 4.05. The molecular weight excluding hydrogens is 268 g/mol. The summed E-state index contributed by atoms with van der Waals surface area (Å²) in [6.45, 7) is 5.52. The molecule has 0 bridgehead atoms. The number of morpholine rings is 1. The third-order valence-corrected chi connectivity index (χ3v) is 3.77. The number of hydrogen-bond donors (Lipinski definition) is 2. The van der Waals surface area contributed by atoms with E-state index in [2.05, 4.69) is 20.5 Å². The van der Waals surface area contributed by atoms with E-state index in [1.807, 2.05) is 6.07 Å². The van der Waals surface area contributed by atoms with E-state index in [0.29, 0.717) is 11.7 Å². The smallest absolute Gasteiger partial charge is 0.270 e. The van der Waals surface area contributed by atoms with Crippen molar-refractivity contribution in [3.63, 3.8) is 0 Å². The maximum atomic E-state index is 11.8. The number of anilines is 1. The molecule has 0 aromatic carbocycles. The topological polar surface area (TPSA) is 66.5 Å². The average molecular weight is 290 g/mol. The van der Waals surface area contributed by atoms with Crippen LogP contribution in [0.5, 0.6) is 0 Å². The van der Waals surface area contributed by atoms with Crippen LogP contribution in [0.4, 0.5) is 5.69 Å². The lowest BCUT2D eigenvalue weighted by Gasteiger charge is -2.26. The van der Waals surface area contributed by atoms with E-state index in [4.69, 9.17) is 4.74 Å². The molecule has 3 rings (SSSR count). The van der Waals surface area contributed by atoms with Crippen molar-refractivity contribution < 1.29 is 9.53 Å². The monoisotopic (exact) mass is 290 g/mol. The third kappa shape index (κ3) is 4.41. The summed E-state index contributed by atoms with van der Waals surface area (Å²) in [5.74, 6) is -0.0719. The van der Waals surface area contributed by atoms with Crippen LogP contribution in [0.25, 0.3) is 0 Å². The van der Waals surface area contributed by atoms with Crippen molar-refractivity contribution >= 4 is 11.6 Å². The van der Waals surface area contributed by atoms with Gasteiger partial charge in [0.25, 0.3) is 5.91 Å². The van der Waals surface area contributed by atoms with Crippen LogP contribution in [-0.2, 0) is 4.74 Å². The molecule has 0 atom stereocenters. The summed E-state index contributed by atoms with van der Waals surface area (Å²) in [5, 5.41) is 6.27. The fraction of sp³-hybridized carbons (Fsp3) is 0.600. The normalized spacial score (nSPS) is 19.2. The van der Waals surface area contributed by atoms with Gasteiger partial charge in [-0.15, -0.1) is 0 Å². The number of carbonyl (C=O) groups is 1. The van der Waals surface area contributed by atoms with Gasteiger partial charge in [-0.3, -0.25) is 9.69 Å². The molecule has 6 nitrogen and oxygen atoms in total. The van der Waals surface area contributed by atoms with Gasteiger partial charge in [0.1, 0.15) is 5.69 Å². The molecule has 2 fully saturated rings. The zero-order chi connectivity index (χ0) is 14.5. The Morgan fingerprint density at radius 1 is 1.33 bits per heavy atom. The van der Waals surface area contributed by atoms with E-state index in [0.717, 1.165) is 57.9 Å². The molecule has 0 spiro atoms. The lowest BCUT2D eigenvalue weighted by atomic mass is 10.3. The van der Waals surface area contributed by atoms with E-state index in [1.54, 1.807) is 12.3 Å². The maximum absolute atomic E-state index is 11.8. The zero-order valence-electron chi connectivity index (χ0n) is 12.2. The van der Waals surface area contributed by atoms with E-state index in [9.17, 15) is 4.79 Å². The summed E-state index contributed by atoms with van der Waals surface area (Å²) >= 11 is 0. The Labute approximate surface area is 124 Å². The van der Waals surface area contributed by atoms with Crippen molar-refractivity contribution in [1.29, 1.82) is 0 Å². The Hall–Kier alpha value is -1.66. The molecule has 1 saturated heterocycles. The van der Waals surface area contributed by atoms with E-state index < -0.39 is 0 Å². The van der Waals surface area contributed by atoms with E-state index in [-0.39, 0.29) is 5.91 Å². The lowest BCUT2D eigenvalue weighted by Crippen LogP contribution is -2.39. The van der Waals surface area contributed by atoms with Gasteiger partial charge in [0.2, 0.25) is 0 Å². The maximum Gasteiger partial charge on any atom is 0.270 e. The first-order valence-electron chi connectivity index (χ1n) is 7.62. The fourth-order valence-corrected chi connectivity index (χ4v) is 2.30. The van der Waals surface area contributed by atoms with Gasteiger partial charge in [0, 0.05) is 32.2 Å². The lowest BCUT2D eigenvalue weighted by molar-refractivity contribution is 0.0398. The first-order valence-corrected chi connectivity index (χ1v) is 7.62. The summed E-state index contributed by atoms with van der Waals surface area (Å²) in [6.07, 6.45) is 3.90. The van der Waals surface area contributed by atoms with Gasteiger partial charge in [0.15, 0.2) is 0 Å². The van der Waals surface area contributed by atoms with Gasteiger partial charge in [-0.1, -0.05) is 0 Å². The largest absolute Gasteiger partial charge is 0.383 e. The standard InChI is InChI=1S/C15H22N4O2/c20-15(18-12-1-2-12)14-4-3-13(11-17-14)16-5-6-19-7-9-21-10-8-19/h3-4,11-12,16H,1-2,5-10H2,(H,18,20). The van der Waals surface area contributed by atoms with Crippen LogP contribution in [0, 0.1) is 0 Å². The molecule has 0 radical (unpaired) electrons. The summed E-state index contributed by atoms with van der Waals surface area (Å²) < 4.78 is 5.32. The summed E-state index contributed by atoms with van der Waals surface area (Å²) in [7, 11) is 0. The number of carbonyl (C=O) groups excluding carboxylic acids is 1. The minimum Gasteiger partial charge on any atom is -0.383 e. The Kier molecular flexibility index (Phi) is 4.67. The summed E-state index contributed by atoms with van der Waals surface area (Å²) in [5.41, 5.74) is 1.44. The number of hydrogen-bond acceptors (Lipinski definition) is 5. The number of nitrogens with zero attached hydrogens (tertiary/aromatic N) is 2. The predicted molar refractivity (Wildman–Crippen MR) is 80.5 cm³/mol.